The SMILES string of the molecule is CCc1nc(NC(C)C(=O)N2CCCC2)cc(=O)[nH]1. The Morgan fingerprint density at radius 1 is 1.53 bits per heavy atom. The Bertz CT molecular complexity index is 506. The highest BCUT2D eigenvalue weighted by atomic mass is 16.2. The molecule has 0 aromatic carbocycles. The van der Waals surface area contributed by atoms with Crippen molar-refractivity contribution in [2.45, 2.75) is 39.2 Å². The summed E-state index contributed by atoms with van der Waals surface area (Å²) in [6, 6.07) is 1.02. The molecule has 1 fully saturated rings. The van der Waals surface area contributed by atoms with Gasteiger partial charge in [-0.2, -0.15) is 0 Å². The zero-order valence-electron chi connectivity index (χ0n) is 11.4. The lowest BCUT2D eigenvalue weighted by Gasteiger charge is -2.21. The largest absolute Gasteiger partial charge is 0.358 e. The molecule has 19 heavy (non-hydrogen) atoms. The fourth-order valence-corrected chi connectivity index (χ4v) is 2.24. The van der Waals surface area contributed by atoms with Crippen LogP contribution in [0.2, 0.25) is 0 Å². The zero-order chi connectivity index (χ0) is 13.8. The molecule has 0 aliphatic carbocycles. The van der Waals surface area contributed by atoms with Crippen LogP contribution in [-0.2, 0) is 11.2 Å². The maximum Gasteiger partial charge on any atom is 0.252 e. The Labute approximate surface area is 112 Å². The summed E-state index contributed by atoms with van der Waals surface area (Å²) in [6.07, 6.45) is 2.79. The van der Waals surface area contributed by atoms with Gasteiger partial charge in [-0.15, -0.1) is 0 Å². The Hall–Kier alpha value is -1.85. The smallest absolute Gasteiger partial charge is 0.252 e. The maximum atomic E-state index is 12.1. The first-order chi connectivity index (χ1) is 9.10. The fourth-order valence-electron chi connectivity index (χ4n) is 2.24. The number of rotatable bonds is 4. The first-order valence-corrected chi connectivity index (χ1v) is 6.75. The number of nitrogens with one attached hydrogen (secondary N) is 2. The van der Waals surface area contributed by atoms with Crippen molar-refractivity contribution in [2.75, 3.05) is 18.4 Å². The summed E-state index contributed by atoms with van der Waals surface area (Å²) in [5, 5.41) is 3.01. The van der Waals surface area contributed by atoms with Crippen LogP contribution in [0.4, 0.5) is 5.82 Å². The Morgan fingerprint density at radius 3 is 2.84 bits per heavy atom. The highest BCUT2D eigenvalue weighted by Gasteiger charge is 2.23. The third-order valence-electron chi connectivity index (χ3n) is 3.28. The van der Waals surface area contributed by atoms with Crippen molar-refractivity contribution in [3.05, 3.63) is 22.2 Å². The topological polar surface area (TPSA) is 78.1 Å². The lowest BCUT2D eigenvalue weighted by molar-refractivity contribution is -0.130. The van der Waals surface area contributed by atoms with Gasteiger partial charge in [0.25, 0.3) is 5.56 Å². The predicted octanol–water partition coefficient (Wildman–Crippen LogP) is 0.755. The number of hydrogen-bond donors (Lipinski definition) is 2. The van der Waals surface area contributed by atoms with Gasteiger partial charge in [-0.05, 0) is 19.8 Å². The molecule has 1 aliphatic heterocycles. The molecule has 6 heteroatoms. The van der Waals surface area contributed by atoms with Gasteiger partial charge in [0.2, 0.25) is 5.91 Å². The summed E-state index contributed by atoms with van der Waals surface area (Å²) >= 11 is 0. The third-order valence-corrected chi connectivity index (χ3v) is 3.28. The molecule has 2 rings (SSSR count). The first kappa shape index (κ1) is 13.6. The van der Waals surface area contributed by atoms with E-state index in [1.54, 1.807) is 6.92 Å². The normalized spacial score (nSPS) is 16.4. The Balaban J connectivity index is 2.05. The Morgan fingerprint density at radius 2 is 2.21 bits per heavy atom. The Kier molecular flexibility index (Phi) is 4.19. The number of amides is 1. The number of H-pyrrole nitrogens is 1. The van der Waals surface area contributed by atoms with E-state index < -0.39 is 0 Å². The molecule has 1 saturated heterocycles. The van der Waals surface area contributed by atoms with Crippen molar-refractivity contribution in [3.63, 3.8) is 0 Å². The van der Waals surface area contributed by atoms with E-state index in [0.29, 0.717) is 18.1 Å². The third kappa shape index (κ3) is 3.33. The van der Waals surface area contributed by atoms with Crippen LogP contribution in [0.5, 0.6) is 0 Å². The molecule has 1 atom stereocenters. The van der Waals surface area contributed by atoms with Crippen LogP contribution in [0.25, 0.3) is 0 Å². The van der Waals surface area contributed by atoms with E-state index in [1.807, 2.05) is 11.8 Å². The van der Waals surface area contributed by atoms with Gasteiger partial charge in [0.05, 0.1) is 0 Å². The average Bonchev–Trinajstić information content (AvgIpc) is 2.90. The lowest BCUT2D eigenvalue weighted by Crippen LogP contribution is -2.40. The molecule has 0 radical (unpaired) electrons. The number of anilines is 1. The lowest BCUT2D eigenvalue weighted by atomic mass is 10.3. The fraction of sp³-hybridized carbons (Fsp3) is 0.615. The van der Waals surface area contributed by atoms with Gasteiger partial charge in [-0.25, -0.2) is 4.98 Å². The molecular formula is C13H20N4O2. The van der Waals surface area contributed by atoms with Gasteiger partial charge in [0.15, 0.2) is 0 Å². The number of aromatic amines is 1. The molecule has 1 aliphatic rings. The van der Waals surface area contributed by atoms with Crippen LogP contribution in [0.15, 0.2) is 10.9 Å². The van der Waals surface area contributed by atoms with Gasteiger partial charge >= 0.3 is 0 Å². The van der Waals surface area contributed by atoms with E-state index in [1.165, 1.54) is 6.07 Å². The minimum Gasteiger partial charge on any atom is -0.358 e. The van der Waals surface area contributed by atoms with Crippen LogP contribution in [-0.4, -0.2) is 39.9 Å². The van der Waals surface area contributed by atoms with E-state index >= 15 is 0 Å². The predicted molar refractivity (Wildman–Crippen MR) is 73.1 cm³/mol. The van der Waals surface area contributed by atoms with Crippen molar-refractivity contribution in [3.8, 4) is 0 Å². The van der Waals surface area contributed by atoms with Crippen LogP contribution in [0.3, 0.4) is 0 Å². The molecule has 6 nitrogen and oxygen atoms in total. The molecule has 2 heterocycles. The van der Waals surface area contributed by atoms with Crippen LogP contribution in [0, 0.1) is 0 Å². The quantitative estimate of drug-likeness (QED) is 0.841. The van der Waals surface area contributed by atoms with Crippen molar-refractivity contribution in [1.82, 2.24) is 14.9 Å². The van der Waals surface area contributed by atoms with E-state index in [2.05, 4.69) is 15.3 Å². The number of aryl methyl sites for hydroxylation is 1. The minimum atomic E-state index is -0.364. The highest BCUT2D eigenvalue weighted by molar-refractivity contribution is 5.84. The minimum absolute atomic E-state index is 0.0673. The summed E-state index contributed by atoms with van der Waals surface area (Å²) in [7, 11) is 0. The van der Waals surface area contributed by atoms with E-state index in [-0.39, 0.29) is 17.5 Å². The number of carbonyl (C=O) groups is 1. The van der Waals surface area contributed by atoms with E-state index in [0.717, 1.165) is 25.9 Å². The molecule has 1 aromatic rings. The second-order valence-corrected chi connectivity index (χ2v) is 4.83. The number of aromatic nitrogens is 2. The second kappa shape index (κ2) is 5.86. The van der Waals surface area contributed by atoms with Crippen LogP contribution >= 0.6 is 0 Å². The van der Waals surface area contributed by atoms with Gasteiger partial charge in [-0.3, -0.25) is 9.59 Å². The summed E-state index contributed by atoms with van der Waals surface area (Å²) in [4.78, 5) is 32.4. The molecule has 1 aromatic heterocycles. The number of carbonyl (C=O) groups excluding carboxylic acids is 1. The summed E-state index contributed by atoms with van der Waals surface area (Å²) in [5.41, 5.74) is -0.199. The average molecular weight is 264 g/mol. The molecule has 104 valence electrons. The molecular weight excluding hydrogens is 244 g/mol. The van der Waals surface area contributed by atoms with Gasteiger partial charge < -0.3 is 15.2 Å². The van der Waals surface area contributed by atoms with Crippen molar-refractivity contribution in [2.24, 2.45) is 0 Å². The molecule has 2 N–H and O–H groups in total. The van der Waals surface area contributed by atoms with Gasteiger partial charge in [0.1, 0.15) is 17.7 Å². The molecule has 1 amide bonds. The van der Waals surface area contributed by atoms with E-state index in [9.17, 15) is 9.59 Å². The highest BCUT2D eigenvalue weighted by Crippen LogP contribution is 2.11. The molecule has 0 spiro atoms. The summed E-state index contributed by atoms with van der Waals surface area (Å²) < 4.78 is 0. The standard InChI is InChI=1S/C13H20N4O2/c1-3-10-15-11(8-12(18)16-10)14-9(2)13(19)17-6-4-5-7-17/h8-9H,3-7H2,1-2H3,(H2,14,15,16,18). The molecule has 0 bridgehead atoms. The van der Waals surface area contributed by atoms with Crippen LogP contribution in [0.1, 0.15) is 32.5 Å². The van der Waals surface area contributed by atoms with Crippen molar-refractivity contribution >= 4 is 11.7 Å². The zero-order valence-corrected chi connectivity index (χ0v) is 11.4. The first-order valence-electron chi connectivity index (χ1n) is 6.75. The molecule has 0 saturated carbocycles. The van der Waals surface area contributed by atoms with Gasteiger partial charge in [0, 0.05) is 25.6 Å². The maximum absolute atomic E-state index is 12.1. The van der Waals surface area contributed by atoms with Crippen molar-refractivity contribution < 1.29 is 4.79 Å². The molecule has 1 unspecified atom stereocenters. The second-order valence-electron chi connectivity index (χ2n) is 4.83. The van der Waals surface area contributed by atoms with Gasteiger partial charge in [-0.1, -0.05) is 6.92 Å². The van der Waals surface area contributed by atoms with Crippen LogP contribution < -0.4 is 10.9 Å². The summed E-state index contributed by atoms with van der Waals surface area (Å²) in [5.74, 6) is 1.15. The monoisotopic (exact) mass is 264 g/mol. The number of nitrogens with zero attached hydrogens (tertiary/aromatic N) is 2. The summed E-state index contributed by atoms with van der Waals surface area (Å²) in [6.45, 7) is 5.37. The number of likely N-dealkylation sites (tertiary alicyclic amines) is 1. The van der Waals surface area contributed by atoms with E-state index in [4.69, 9.17) is 0 Å². The number of hydrogen-bond acceptors (Lipinski definition) is 4. The van der Waals surface area contributed by atoms with Crippen molar-refractivity contribution in [1.29, 1.82) is 0 Å².